The predicted octanol–water partition coefficient (Wildman–Crippen LogP) is 3.63. The van der Waals surface area contributed by atoms with Crippen LogP contribution in [-0.2, 0) is 4.74 Å². The van der Waals surface area contributed by atoms with E-state index in [-0.39, 0.29) is 0 Å². The molecule has 0 radical (unpaired) electrons. The zero-order valence-electron chi connectivity index (χ0n) is 11.3. The Bertz CT molecular complexity index is 363. The molecule has 1 aromatic rings. The van der Waals surface area contributed by atoms with Crippen LogP contribution in [0.5, 0.6) is 0 Å². The highest BCUT2D eigenvalue weighted by Crippen LogP contribution is 2.29. The molecule has 2 rings (SSSR count). The SMILES string of the molecule is CNC(CCC1CCCO1)c1ccccc1SC. The normalized spacial score (nSPS) is 21.1. The van der Waals surface area contributed by atoms with Crippen molar-refractivity contribution in [1.29, 1.82) is 0 Å². The highest BCUT2D eigenvalue weighted by Gasteiger charge is 2.19. The second kappa shape index (κ2) is 7.17. The molecule has 0 aromatic heterocycles. The van der Waals surface area contributed by atoms with Gasteiger partial charge in [0.25, 0.3) is 0 Å². The van der Waals surface area contributed by atoms with Gasteiger partial charge in [0.1, 0.15) is 0 Å². The topological polar surface area (TPSA) is 21.3 Å². The number of hydrogen-bond donors (Lipinski definition) is 1. The monoisotopic (exact) mass is 265 g/mol. The van der Waals surface area contributed by atoms with E-state index in [1.165, 1.54) is 23.3 Å². The second-order valence-electron chi connectivity index (χ2n) is 4.80. The van der Waals surface area contributed by atoms with Crippen LogP contribution < -0.4 is 5.32 Å². The van der Waals surface area contributed by atoms with E-state index in [0.29, 0.717) is 12.1 Å². The van der Waals surface area contributed by atoms with E-state index in [9.17, 15) is 0 Å². The fourth-order valence-corrected chi connectivity index (χ4v) is 3.29. The van der Waals surface area contributed by atoms with E-state index in [2.05, 4.69) is 42.9 Å². The second-order valence-corrected chi connectivity index (χ2v) is 5.64. The molecular formula is C15H23NOS. The molecule has 1 saturated heterocycles. The maximum absolute atomic E-state index is 5.71. The summed E-state index contributed by atoms with van der Waals surface area (Å²) in [6.07, 6.45) is 7.41. The van der Waals surface area contributed by atoms with E-state index in [1.54, 1.807) is 0 Å². The summed E-state index contributed by atoms with van der Waals surface area (Å²) in [6.45, 7) is 0.955. The summed E-state index contributed by atoms with van der Waals surface area (Å²) < 4.78 is 5.71. The van der Waals surface area contributed by atoms with Crippen molar-refractivity contribution in [3.05, 3.63) is 29.8 Å². The van der Waals surface area contributed by atoms with Crippen LogP contribution in [0.4, 0.5) is 0 Å². The third-order valence-electron chi connectivity index (χ3n) is 3.66. The minimum absolute atomic E-state index is 0.442. The molecule has 2 nitrogen and oxygen atoms in total. The minimum atomic E-state index is 0.442. The van der Waals surface area contributed by atoms with Gasteiger partial charge in [-0.3, -0.25) is 0 Å². The molecule has 0 saturated carbocycles. The zero-order valence-corrected chi connectivity index (χ0v) is 12.1. The molecule has 0 bridgehead atoms. The predicted molar refractivity (Wildman–Crippen MR) is 78.2 cm³/mol. The summed E-state index contributed by atoms with van der Waals surface area (Å²) in [5.74, 6) is 0. The standard InChI is InChI=1S/C15H23NOS/c1-16-14(10-9-12-6-5-11-17-12)13-7-3-4-8-15(13)18-2/h3-4,7-8,12,14,16H,5-6,9-11H2,1-2H3. The van der Waals surface area contributed by atoms with Gasteiger partial charge in [0, 0.05) is 17.5 Å². The van der Waals surface area contributed by atoms with Gasteiger partial charge in [-0.05, 0) is 50.6 Å². The summed E-state index contributed by atoms with van der Waals surface area (Å²) >= 11 is 1.83. The van der Waals surface area contributed by atoms with Gasteiger partial charge in [-0.1, -0.05) is 18.2 Å². The highest BCUT2D eigenvalue weighted by atomic mass is 32.2. The smallest absolute Gasteiger partial charge is 0.0576 e. The molecule has 100 valence electrons. The van der Waals surface area contributed by atoms with Gasteiger partial charge >= 0.3 is 0 Å². The van der Waals surface area contributed by atoms with E-state index in [4.69, 9.17) is 4.74 Å². The number of thioether (sulfide) groups is 1. The van der Waals surface area contributed by atoms with Crippen LogP contribution >= 0.6 is 11.8 Å². The molecule has 0 aliphatic carbocycles. The van der Waals surface area contributed by atoms with Crippen LogP contribution in [0.2, 0.25) is 0 Å². The average Bonchev–Trinajstić information content (AvgIpc) is 2.93. The number of rotatable bonds is 6. The molecule has 1 aliphatic heterocycles. The molecule has 1 fully saturated rings. The summed E-state index contributed by atoms with van der Waals surface area (Å²) in [5, 5.41) is 3.45. The van der Waals surface area contributed by atoms with E-state index >= 15 is 0 Å². The Kier molecular flexibility index (Phi) is 5.54. The van der Waals surface area contributed by atoms with Crippen molar-refractivity contribution in [2.24, 2.45) is 0 Å². The van der Waals surface area contributed by atoms with Gasteiger partial charge in [-0.2, -0.15) is 0 Å². The first kappa shape index (κ1) is 13.9. The van der Waals surface area contributed by atoms with E-state index < -0.39 is 0 Å². The minimum Gasteiger partial charge on any atom is -0.378 e. The van der Waals surface area contributed by atoms with Crippen LogP contribution in [0.1, 0.15) is 37.3 Å². The Balaban J connectivity index is 1.98. The third kappa shape index (κ3) is 3.50. The molecule has 2 atom stereocenters. The molecule has 2 unspecified atom stereocenters. The van der Waals surface area contributed by atoms with Gasteiger partial charge in [0.15, 0.2) is 0 Å². The maximum Gasteiger partial charge on any atom is 0.0576 e. The molecular weight excluding hydrogens is 242 g/mol. The molecule has 1 aliphatic rings. The van der Waals surface area contributed by atoms with Crippen molar-refractivity contribution >= 4 is 11.8 Å². The van der Waals surface area contributed by atoms with Crippen LogP contribution in [-0.4, -0.2) is 26.0 Å². The largest absolute Gasteiger partial charge is 0.378 e. The number of nitrogens with one attached hydrogen (secondary N) is 1. The number of benzene rings is 1. The quantitative estimate of drug-likeness (QED) is 0.794. The molecule has 18 heavy (non-hydrogen) atoms. The number of hydrogen-bond acceptors (Lipinski definition) is 3. The van der Waals surface area contributed by atoms with Gasteiger partial charge in [0.2, 0.25) is 0 Å². The van der Waals surface area contributed by atoms with Crippen LogP contribution in [0.15, 0.2) is 29.2 Å². The Morgan fingerprint density at radius 3 is 2.94 bits per heavy atom. The maximum atomic E-state index is 5.71. The van der Waals surface area contributed by atoms with Crippen LogP contribution in [0, 0.1) is 0 Å². The van der Waals surface area contributed by atoms with Crippen molar-refractivity contribution in [2.75, 3.05) is 19.9 Å². The van der Waals surface area contributed by atoms with Crippen molar-refractivity contribution < 1.29 is 4.74 Å². The van der Waals surface area contributed by atoms with Gasteiger partial charge in [-0.25, -0.2) is 0 Å². The molecule has 0 spiro atoms. The van der Waals surface area contributed by atoms with Crippen molar-refractivity contribution in [3.63, 3.8) is 0 Å². The molecule has 1 aromatic carbocycles. The Hall–Kier alpha value is -0.510. The van der Waals surface area contributed by atoms with Gasteiger partial charge in [0.05, 0.1) is 6.10 Å². The van der Waals surface area contributed by atoms with Gasteiger partial charge < -0.3 is 10.1 Å². The Morgan fingerprint density at radius 2 is 2.28 bits per heavy atom. The zero-order chi connectivity index (χ0) is 12.8. The number of ether oxygens (including phenoxy) is 1. The van der Waals surface area contributed by atoms with E-state index in [1.807, 2.05) is 11.8 Å². The summed E-state index contributed by atoms with van der Waals surface area (Å²) in [7, 11) is 2.05. The third-order valence-corrected chi connectivity index (χ3v) is 4.48. The first-order chi connectivity index (χ1) is 8.85. The first-order valence-electron chi connectivity index (χ1n) is 6.77. The molecule has 1 heterocycles. The van der Waals surface area contributed by atoms with Crippen molar-refractivity contribution in [1.82, 2.24) is 5.32 Å². The van der Waals surface area contributed by atoms with Crippen LogP contribution in [0.25, 0.3) is 0 Å². The molecule has 3 heteroatoms. The fourth-order valence-electron chi connectivity index (χ4n) is 2.63. The fraction of sp³-hybridized carbons (Fsp3) is 0.600. The summed E-state index contributed by atoms with van der Waals surface area (Å²) in [4.78, 5) is 1.38. The molecule has 0 amide bonds. The highest BCUT2D eigenvalue weighted by molar-refractivity contribution is 7.98. The molecule has 1 N–H and O–H groups in total. The Morgan fingerprint density at radius 1 is 1.44 bits per heavy atom. The lowest BCUT2D eigenvalue weighted by molar-refractivity contribution is 0.0998. The average molecular weight is 265 g/mol. The summed E-state index contributed by atoms with van der Waals surface area (Å²) in [6, 6.07) is 9.13. The first-order valence-corrected chi connectivity index (χ1v) is 7.99. The van der Waals surface area contributed by atoms with Crippen molar-refractivity contribution in [2.45, 2.75) is 42.7 Å². The Labute approximate surface area is 114 Å². The van der Waals surface area contributed by atoms with E-state index in [0.717, 1.165) is 19.4 Å². The lowest BCUT2D eigenvalue weighted by atomic mass is 9.99. The van der Waals surface area contributed by atoms with Crippen molar-refractivity contribution in [3.8, 4) is 0 Å². The summed E-state index contributed by atoms with van der Waals surface area (Å²) in [5.41, 5.74) is 1.42. The van der Waals surface area contributed by atoms with Gasteiger partial charge in [-0.15, -0.1) is 11.8 Å². The van der Waals surface area contributed by atoms with Crippen LogP contribution in [0.3, 0.4) is 0 Å². The lowest BCUT2D eigenvalue weighted by Gasteiger charge is -2.20. The lowest BCUT2D eigenvalue weighted by Crippen LogP contribution is -2.19.